The number of hydrogen-bond acceptors (Lipinski definition) is 6. The van der Waals surface area contributed by atoms with E-state index in [0.717, 1.165) is 11.3 Å². The van der Waals surface area contributed by atoms with Gasteiger partial charge in [0.2, 0.25) is 0 Å². The summed E-state index contributed by atoms with van der Waals surface area (Å²) in [5, 5.41) is 13.0. The summed E-state index contributed by atoms with van der Waals surface area (Å²) >= 11 is 6.27. The molecule has 4 heterocycles. The number of imidazole rings is 1. The first-order valence-corrected chi connectivity index (χ1v) is 11.2. The van der Waals surface area contributed by atoms with Crippen molar-refractivity contribution in [1.29, 1.82) is 0 Å². The third-order valence-corrected chi connectivity index (χ3v) is 6.01. The standard InChI is InChI=1S/C24H16ClF3N6O2/c25-15-6-7-18-16(8-15)23-31-30-21(11-35-12-24(26,27)28)33(23)10-19-22(29-13-34(18)19)20-9-17(32-36-20)14-4-2-1-3-5-14/h1-9,13H,10-12H2. The molecule has 36 heavy (non-hydrogen) atoms. The molecule has 0 bridgehead atoms. The number of halogens is 4. The van der Waals surface area contributed by atoms with E-state index >= 15 is 0 Å². The van der Waals surface area contributed by atoms with Crippen molar-refractivity contribution in [2.75, 3.05) is 6.61 Å². The average Bonchev–Trinajstić information content (AvgIpc) is 3.57. The molecular formula is C24H16ClF3N6O2. The molecular weight excluding hydrogens is 497 g/mol. The Hall–Kier alpha value is -3.96. The second-order valence-electron chi connectivity index (χ2n) is 8.15. The highest BCUT2D eigenvalue weighted by molar-refractivity contribution is 6.31. The minimum atomic E-state index is -4.45. The summed E-state index contributed by atoms with van der Waals surface area (Å²) < 4.78 is 52.0. The Kier molecular flexibility index (Phi) is 5.38. The molecule has 0 amide bonds. The largest absolute Gasteiger partial charge is 0.411 e. The van der Waals surface area contributed by atoms with E-state index in [-0.39, 0.29) is 19.0 Å². The molecule has 8 nitrogen and oxygen atoms in total. The summed E-state index contributed by atoms with van der Waals surface area (Å²) in [5.41, 5.74) is 4.19. The molecule has 182 valence electrons. The fraction of sp³-hybridized carbons (Fsp3) is 0.167. The van der Waals surface area contributed by atoms with Crippen molar-refractivity contribution in [3.63, 3.8) is 0 Å². The molecule has 12 heteroatoms. The van der Waals surface area contributed by atoms with E-state index in [4.69, 9.17) is 20.9 Å². The SMILES string of the molecule is FC(F)(F)COCc1nnc2n1Cc1c(-c3cc(-c4ccccc4)no3)ncn1-c1ccc(Cl)cc1-2. The van der Waals surface area contributed by atoms with Crippen LogP contribution in [0.2, 0.25) is 5.02 Å². The first-order chi connectivity index (χ1) is 17.4. The molecule has 5 aromatic rings. The summed E-state index contributed by atoms with van der Waals surface area (Å²) in [6, 6.07) is 16.7. The normalized spacial score (nSPS) is 12.7. The van der Waals surface area contributed by atoms with Crippen LogP contribution in [0.3, 0.4) is 0 Å². The molecule has 0 saturated heterocycles. The van der Waals surface area contributed by atoms with Crippen molar-refractivity contribution in [2.45, 2.75) is 19.3 Å². The number of benzene rings is 2. The smallest absolute Gasteiger partial charge is 0.364 e. The van der Waals surface area contributed by atoms with E-state index in [1.807, 2.05) is 41.0 Å². The van der Waals surface area contributed by atoms with Crippen molar-refractivity contribution in [1.82, 2.24) is 29.5 Å². The first kappa shape index (κ1) is 22.5. The van der Waals surface area contributed by atoms with Gasteiger partial charge in [-0.1, -0.05) is 47.1 Å². The minimum Gasteiger partial charge on any atom is -0.364 e. The Bertz CT molecular complexity index is 1560. The zero-order valence-corrected chi connectivity index (χ0v) is 19.2. The van der Waals surface area contributed by atoms with Gasteiger partial charge in [0.1, 0.15) is 30.9 Å². The van der Waals surface area contributed by atoms with Gasteiger partial charge in [-0.15, -0.1) is 10.2 Å². The third-order valence-electron chi connectivity index (χ3n) is 5.77. The number of aromatic nitrogens is 6. The summed E-state index contributed by atoms with van der Waals surface area (Å²) in [7, 11) is 0. The Morgan fingerprint density at radius 3 is 2.69 bits per heavy atom. The number of ether oxygens (including phenoxy) is 1. The Labute approximate surface area is 206 Å². The van der Waals surface area contributed by atoms with Gasteiger partial charge in [0.25, 0.3) is 0 Å². The highest BCUT2D eigenvalue weighted by atomic mass is 35.5. The molecule has 2 aromatic carbocycles. The maximum Gasteiger partial charge on any atom is 0.411 e. The van der Waals surface area contributed by atoms with E-state index in [2.05, 4.69) is 20.3 Å². The number of hydrogen-bond donors (Lipinski definition) is 0. The Morgan fingerprint density at radius 1 is 1.06 bits per heavy atom. The van der Waals surface area contributed by atoms with E-state index < -0.39 is 12.8 Å². The molecule has 1 aliphatic heterocycles. The van der Waals surface area contributed by atoms with Crippen molar-refractivity contribution >= 4 is 11.6 Å². The predicted molar refractivity (Wildman–Crippen MR) is 123 cm³/mol. The van der Waals surface area contributed by atoms with Gasteiger partial charge in [-0.2, -0.15) is 13.2 Å². The Morgan fingerprint density at radius 2 is 1.89 bits per heavy atom. The fourth-order valence-corrected chi connectivity index (χ4v) is 4.35. The van der Waals surface area contributed by atoms with Crippen LogP contribution in [0.25, 0.3) is 39.8 Å². The van der Waals surface area contributed by atoms with Crippen LogP contribution in [0.5, 0.6) is 0 Å². The first-order valence-electron chi connectivity index (χ1n) is 10.8. The van der Waals surface area contributed by atoms with Crippen LogP contribution in [0, 0.1) is 0 Å². The number of nitrogens with zero attached hydrogens (tertiary/aromatic N) is 6. The summed E-state index contributed by atoms with van der Waals surface area (Å²) in [5.74, 6) is 1.14. The molecule has 0 fully saturated rings. The zero-order chi connectivity index (χ0) is 24.9. The van der Waals surface area contributed by atoms with Gasteiger partial charge < -0.3 is 13.8 Å². The van der Waals surface area contributed by atoms with Crippen molar-refractivity contribution < 1.29 is 22.4 Å². The average molecular weight is 513 g/mol. The van der Waals surface area contributed by atoms with Crippen LogP contribution in [0.1, 0.15) is 11.5 Å². The van der Waals surface area contributed by atoms with Crippen LogP contribution in [0.15, 0.2) is 65.4 Å². The second kappa shape index (κ2) is 8.61. The molecule has 0 atom stereocenters. The minimum absolute atomic E-state index is 0.204. The maximum atomic E-state index is 12.6. The molecule has 0 radical (unpaired) electrons. The van der Waals surface area contributed by atoms with Gasteiger partial charge in [0.15, 0.2) is 17.4 Å². The van der Waals surface area contributed by atoms with Gasteiger partial charge in [-0.3, -0.25) is 4.57 Å². The monoisotopic (exact) mass is 512 g/mol. The number of alkyl halides is 3. The summed E-state index contributed by atoms with van der Waals surface area (Å²) in [6.45, 7) is -1.55. The molecule has 0 spiro atoms. The van der Waals surface area contributed by atoms with Gasteiger partial charge in [-0.05, 0) is 18.2 Å². The lowest BCUT2D eigenvalue weighted by Crippen LogP contribution is -2.18. The van der Waals surface area contributed by atoms with Crippen LogP contribution in [-0.2, 0) is 17.9 Å². The van der Waals surface area contributed by atoms with E-state index in [0.29, 0.717) is 39.3 Å². The quantitative estimate of drug-likeness (QED) is 0.301. The van der Waals surface area contributed by atoms with Crippen molar-refractivity contribution in [3.8, 4) is 39.8 Å². The lowest BCUT2D eigenvalue weighted by atomic mass is 10.1. The third kappa shape index (κ3) is 4.06. The van der Waals surface area contributed by atoms with Gasteiger partial charge in [0, 0.05) is 22.2 Å². The molecule has 0 N–H and O–H groups in total. The van der Waals surface area contributed by atoms with Crippen molar-refractivity contribution in [3.05, 3.63) is 77.5 Å². The van der Waals surface area contributed by atoms with E-state index in [1.165, 1.54) is 0 Å². The zero-order valence-electron chi connectivity index (χ0n) is 18.4. The van der Waals surface area contributed by atoms with Gasteiger partial charge in [0.05, 0.1) is 17.9 Å². The molecule has 3 aromatic heterocycles. The molecule has 6 rings (SSSR count). The summed E-state index contributed by atoms with van der Waals surface area (Å²) in [6.07, 6.45) is -2.79. The van der Waals surface area contributed by atoms with Gasteiger partial charge in [-0.25, -0.2) is 4.98 Å². The lowest BCUT2D eigenvalue weighted by molar-refractivity contribution is -0.177. The number of rotatable bonds is 5. The van der Waals surface area contributed by atoms with E-state index in [9.17, 15) is 13.2 Å². The second-order valence-corrected chi connectivity index (χ2v) is 8.58. The Balaban J connectivity index is 1.44. The lowest BCUT2D eigenvalue weighted by Gasteiger charge is -2.10. The highest BCUT2D eigenvalue weighted by Gasteiger charge is 2.30. The van der Waals surface area contributed by atoms with Crippen LogP contribution < -0.4 is 0 Å². The van der Waals surface area contributed by atoms with E-state index in [1.54, 1.807) is 29.1 Å². The topological polar surface area (TPSA) is 83.8 Å². The van der Waals surface area contributed by atoms with Crippen LogP contribution in [0.4, 0.5) is 13.2 Å². The van der Waals surface area contributed by atoms with Crippen LogP contribution in [-0.4, -0.2) is 42.3 Å². The fourth-order valence-electron chi connectivity index (χ4n) is 4.18. The molecule has 1 aliphatic rings. The molecule has 0 unspecified atom stereocenters. The molecule has 0 saturated carbocycles. The predicted octanol–water partition coefficient (Wildman–Crippen LogP) is 5.55. The van der Waals surface area contributed by atoms with Crippen LogP contribution >= 0.6 is 11.6 Å². The van der Waals surface area contributed by atoms with Gasteiger partial charge >= 0.3 is 6.18 Å². The van der Waals surface area contributed by atoms with Crippen molar-refractivity contribution in [2.24, 2.45) is 0 Å². The molecule has 0 aliphatic carbocycles. The highest BCUT2D eigenvalue weighted by Crippen LogP contribution is 2.37. The number of fused-ring (bicyclic) bond motifs is 5. The maximum absolute atomic E-state index is 12.6. The summed E-state index contributed by atoms with van der Waals surface area (Å²) in [4.78, 5) is 4.58.